The third-order valence-electron chi connectivity index (χ3n) is 4.93. The Bertz CT molecular complexity index is 893. The Hall–Kier alpha value is -2.51. The van der Waals surface area contributed by atoms with E-state index in [1.807, 2.05) is 54.6 Å². The van der Waals surface area contributed by atoms with Crippen molar-refractivity contribution < 1.29 is 4.74 Å². The molecule has 0 atom stereocenters. The molecule has 1 nitrogen and oxygen atoms in total. The van der Waals surface area contributed by atoms with Crippen molar-refractivity contribution in [3.63, 3.8) is 0 Å². The van der Waals surface area contributed by atoms with Crippen LogP contribution in [0.15, 0.2) is 91.0 Å². The summed E-state index contributed by atoms with van der Waals surface area (Å²) in [7, 11) is 0. The fraction of sp³-hybridized carbons (Fsp3) is 0.167. The molecule has 0 bridgehead atoms. The summed E-state index contributed by atoms with van der Waals surface area (Å²) in [6, 6.07) is 26.4. The van der Waals surface area contributed by atoms with Crippen molar-refractivity contribution in [3.8, 4) is 11.5 Å². The third kappa shape index (κ3) is 3.84. The second kappa shape index (κ2) is 7.39. The maximum Gasteiger partial charge on any atom is 0.130 e. The zero-order valence-electron chi connectivity index (χ0n) is 14.6. The predicted octanol–water partition coefficient (Wildman–Crippen LogP) is 6.96. The summed E-state index contributed by atoms with van der Waals surface area (Å²) in [6.07, 6.45) is 7.89. The molecule has 4 rings (SSSR count). The molecular formula is C24H21ClO. The van der Waals surface area contributed by atoms with Gasteiger partial charge in [0.15, 0.2) is 0 Å². The number of hydrogen-bond donors (Lipinski definition) is 0. The smallest absolute Gasteiger partial charge is 0.130 e. The topological polar surface area (TPSA) is 9.23 Å². The Labute approximate surface area is 159 Å². The first-order valence-electron chi connectivity index (χ1n) is 9.00. The van der Waals surface area contributed by atoms with Crippen LogP contribution in [0.5, 0.6) is 11.5 Å². The SMILES string of the molecule is Clc1ccc(C2(/C=C/Cc3ccccc3Oc3ccccc3)CC2)cc1. The molecule has 0 saturated heterocycles. The van der Waals surface area contributed by atoms with E-state index in [0.29, 0.717) is 0 Å². The van der Waals surface area contributed by atoms with Crippen LogP contribution in [0.3, 0.4) is 0 Å². The number of halogens is 1. The van der Waals surface area contributed by atoms with Crippen molar-refractivity contribution in [2.45, 2.75) is 24.7 Å². The number of hydrogen-bond acceptors (Lipinski definition) is 1. The molecule has 1 fully saturated rings. The van der Waals surface area contributed by atoms with Gasteiger partial charge in [-0.2, -0.15) is 0 Å². The summed E-state index contributed by atoms with van der Waals surface area (Å²) in [5.74, 6) is 1.78. The van der Waals surface area contributed by atoms with Gasteiger partial charge in [0.2, 0.25) is 0 Å². The highest BCUT2D eigenvalue weighted by Gasteiger charge is 2.41. The molecule has 3 aromatic rings. The van der Waals surface area contributed by atoms with Crippen LogP contribution in [0.2, 0.25) is 5.02 Å². The van der Waals surface area contributed by atoms with E-state index in [2.05, 4.69) is 36.4 Å². The van der Waals surface area contributed by atoms with Crippen LogP contribution in [-0.4, -0.2) is 0 Å². The van der Waals surface area contributed by atoms with E-state index in [1.54, 1.807) is 0 Å². The van der Waals surface area contributed by atoms with E-state index in [9.17, 15) is 0 Å². The number of para-hydroxylation sites is 2. The van der Waals surface area contributed by atoms with Crippen molar-refractivity contribution in [3.05, 3.63) is 107 Å². The second-order valence-electron chi connectivity index (χ2n) is 6.79. The van der Waals surface area contributed by atoms with Crippen LogP contribution < -0.4 is 4.74 Å². The van der Waals surface area contributed by atoms with E-state index in [-0.39, 0.29) is 5.41 Å². The summed E-state index contributed by atoms with van der Waals surface area (Å²) in [5.41, 5.74) is 2.74. The Balaban J connectivity index is 1.48. The molecule has 0 aliphatic heterocycles. The molecular weight excluding hydrogens is 340 g/mol. The molecule has 0 spiro atoms. The van der Waals surface area contributed by atoms with Crippen LogP contribution >= 0.6 is 11.6 Å². The van der Waals surface area contributed by atoms with Gasteiger partial charge in [0.25, 0.3) is 0 Å². The lowest BCUT2D eigenvalue weighted by Crippen LogP contribution is -2.01. The van der Waals surface area contributed by atoms with Gasteiger partial charge in [0.05, 0.1) is 0 Å². The van der Waals surface area contributed by atoms with Crippen molar-refractivity contribution in [1.82, 2.24) is 0 Å². The Morgan fingerprint density at radius 3 is 2.27 bits per heavy atom. The molecule has 130 valence electrons. The average Bonchev–Trinajstić information content (AvgIpc) is 3.45. The standard InChI is InChI=1S/C24H21ClO/c25-21-14-12-20(13-15-21)24(17-18-24)16-6-8-19-7-4-5-11-23(19)26-22-9-2-1-3-10-22/h1-7,9-16H,8,17-18H2/b16-6+. The molecule has 0 radical (unpaired) electrons. The molecule has 1 saturated carbocycles. The monoisotopic (exact) mass is 360 g/mol. The lowest BCUT2D eigenvalue weighted by atomic mass is 9.95. The number of benzene rings is 3. The van der Waals surface area contributed by atoms with E-state index in [4.69, 9.17) is 16.3 Å². The summed E-state index contributed by atoms with van der Waals surface area (Å²) in [5, 5.41) is 0.792. The lowest BCUT2D eigenvalue weighted by Gasteiger charge is -2.12. The zero-order valence-corrected chi connectivity index (χ0v) is 15.3. The van der Waals surface area contributed by atoms with Gasteiger partial charge in [-0.15, -0.1) is 0 Å². The van der Waals surface area contributed by atoms with Gasteiger partial charge in [-0.3, -0.25) is 0 Å². The minimum absolute atomic E-state index is 0.194. The first-order chi connectivity index (χ1) is 12.8. The molecule has 0 heterocycles. The first kappa shape index (κ1) is 16.9. The predicted molar refractivity (Wildman–Crippen MR) is 108 cm³/mol. The van der Waals surface area contributed by atoms with Crippen molar-refractivity contribution >= 4 is 11.6 Å². The van der Waals surface area contributed by atoms with E-state index in [1.165, 1.54) is 24.0 Å². The largest absolute Gasteiger partial charge is 0.457 e. The van der Waals surface area contributed by atoms with Crippen LogP contribution in [0.1, 0.15) is 24.0 Å². The van der Waals surface area contributed by atoms with Gasteiger partial charge in [-0.05, 0) is 60.7 Å². The van der Waals surface area contributed by atoms with E-state index >= 15 is 0 Å². The molecule has 3 aromatic carbocycles. The van der Waals surface area contributed by atoms with Crippen LogP contribution in [0, 0.1) is 0 Å². The summed E-state index contributed by atoms with van der Waals surface area (Å²) >= 11 is 6.02. The van der Waals surface area contributed by atoms with E-state index < -0.39 is 0 Å². The second-order valence-corrected chi connectivity index (χ2v) is 7.23. The highest BCUT2D eigenvalue weighted by Crippen LogP contribution is 2.49. The fourth-order valence-electron chi connectivity index (χ4n) is 3.27. The maximum atomic E-state index is 6.06. The molecule has 0 amide bonds. The molecule has 1 aliphatic carbocycles. The Morgan fingerprint density at radius 2 is 1.54 bits per heavy atom. The molecule has 0 N–H and O–H groups in total. The minimum atomic E-state index is 0.194. The first-order valence-corrected chi connectivity index (χ1v) is 9.38. The summed E-state index contributed by atoms with van der Waals surface area (Å²) in [6.45, 7) is 0. The fourth-order valence-corrected chi connectivity index (χ4v) is 3.39. The number of rotatable bonds is 6. The number of ether oxygens (including phenoxy) is 1. The normalized spacial score (nSPS) is 15.1. The maximum absolute atomic E-state index is 6.06. The quantitative estimate of drug-likeness (QED) is 0.431. The molecule has 0 aromatic heterocycles. The zero-order chi connectivity index (χ0) is 17.8. The van der Waals surface area contributed by atoms with Crippen molar-refractivity contribution in [1.29, 1.82) is 0 Å². The van der Waals surface area contributed by atoms with Crippen molar-refractivity contribution in [2.24, 2.45) is 0 Å². The van der Waals surface area contributed by atoms with Gasteiger partial charge in [0, 0.05) is 10.4 Å². The number of allylic oxidation sites excluding steroid dienone is 2. The van der Waals surface area contributed by atoms with Gasteiger partial charge >= 0.3 is 0 Å². The summed E-state index contributed by atoms with van der Waals surface area (Å²) in [4.78, 5) is 0. The van der Waals surface area contributed by atoms with Crippen LogP contribution in [0.4, 0.5) is 0 Å². The van der Waals surface area contributed by atoms with Gasteiger partial charge < -0.3 is 4.74 Å². The highest BCUT2D eigenvalue weighted by atomic mass is 35.5. The van der Waals surface area contributed by atoms with Crippen LogP contribution in [0.25, 0.3) is 0 Å². The van der Waals surface area contributed by atoms with Gasteiger partial charge in [-0.1, -0.05) is 72.3 Å². The van der Waals surface area contributed by atoms with Gasteiger partial charge in [0.1, 0.15) is 11.5 Å². The molecule has 0 unspecified atom stereocenters. The average molecular weight is 361 g/mol. The van der Waals surface area contributed by atoms with E-state index in [0.717, 1.165) is 22.9 Å². The Morgan fingerprint density at radius 1 is 0.846 bits per heavy atom. The Kier molecular flexibility index (Phi) is 4.81. The van der Waals surface area contributed by atoms with Crippen molar-refractivity contribution in [2.75, 3.05) is 0 Å². The van der Waals surface area contributed by atoms with Crippen LogP contribution in [-0.2, 0) is 11.8 Å². The highest BCUT2D eigenvalue weighted by molar-refractivity contribution is 6.30. The molecule has 1 aliphatic rings. The molecule has 2 heteroatoms. The third-order valence-corrected chi connectivity index (χ3v) is 5.18. The lowest BCUT2D eigenvalue weighted by molar-refractivity contribution is 0.477. The van der Waals surface area contributed by atoms with Gasteiger partial charge in [-0.25, -0.2) is 0 Å². The minimum Gasteiger partial charge on any atom is -0.457 e. The molecule has 26 heavy (non-hydrogen) atoms. The summed E-state index contributed by atoms with van der Waals surface area (Å²) < 4.78 is 6.06.